The molecule has 0 aliphatic carbocycles. The second kappa shape index (κ2) is 8.86. The average molecular weight is 256 g/mol. The van der Waals surface area contributed by atoms with Gasteiger partial charge < -0.3 is 10.2 Å². The normalized spacial score (nSPS) is 20.5. The van der Waals surface area contributed by atoms with Crippen LogP contribution in [0.1, 0.15) is 20.3 Å². The summed E-state index contributed by atoms with van der Waals surface area (Å²) in [6.07, 6.45) is 1.25. The minimum absolute atomic E-state index is 0.723. The van der Waals surface area contributed by atoms with Gasteiger partial charge in [0.2, 0.25) is 0 Å². The zero-order chi connectivity index (χ0) is 13.4. The molecule has 0 aromatic rings. The van der Waals surface area contributed by atoms with Gasteiger partial charge in [-0.3, -0.25) is 9.80 Å². The second-order valence-corrected chi connectivity index (χ2v) is 5.55. The van der Waals surface area contributed by atoms with Crippen LogP contribution < -0.4 is 5.32 Å². The molecule has 0 bridgehead atoms. The van der Waals surface area contributed by atoms with Crippen molar-refractivity contribution in [2.45, 2.75) is 26.3 Å². The summed E-state index contributed by atoms with van der Waals surface area (Å²) in [7, 11) is 4.31. The van der Waals surface area contributed by atoms with Crippen LogP contribution in [-0.4, -0.2) is 87.2 Å². The van der Waals surface area contributed by atoms with Crippen LogP contribution in [0.15, 0.2) is 0 Å². The zero-order valence-corrected chi connectivity index (χ0v) is 12.8. The van der Waals surface area contributed by atoms with Crippen molar-refractivity contribution in [1.29, 1.82) is 0 Å². The van der Waals surface area contributed by atoms with Gasteiger partial charge in [-0.15, -0.1) is 0 Å². The number of piperazine rings is 1. The highest BCUT2D eigenvalue weighted by Crippen LogP contribution is 2.08. The van der Waals surface area contributed by atoms with Gasteiger partial charge in [-0.2, -0.15) is 0 Å². The van der Waals surface area contributed by atoms with Crippen molar-refractivity contribution < 1.29 is 0 Å². The second-order valence-electron chi connectivity index (χ2n) is 5.55. The molecular formula is C14H32N4. The van der Waals surface area contributed by atoms with Crippen LogP contribution in [0, 0.1) is 0 Å². The largest absolute Gasteiger partial charge is 0.315 e. The van der Waals surface area contributed by atoms with Crippen LogP contribution in [0.4, 0.5) is 0 Å². The van der Waals surface area contributed by atoms with Crippen LogP contribution in [0.2, 0.25) is 0 Å². The van der Waals surface area contributed by atoms with Gasteiger partial charge >= 0.3 is 0 Å². The number of hydrogen-bond donors (Lipinski definition) is 1. The summed E-state index contributed by atoms with van der Waals surface area (Å²) < 4.78 is 0. The molecule has 0 amide bonds. The van der Waals surface area contributed by atoms with E-state index in [4.69, 9.17) is 0 Å². The fourth-order valence-electron chi connectivity index (χ4n) is 2.54. The molecule has 4 nitrogen and oxygen atoms in total. The summed E-state index contributed by atoms with van der Waals surface area (Å²) in [5.41, 5.74) is 0. The molecular weight excluding hydrogens is 224 g/mol. The Kier molecular flexibility index (Phi) is 7.82. The predicted molar refractivity (Wildman–Crippen MR) is 79.2 cm³/mol. The lowest BCUT2D eigenvalue weighted by Gasteiger charge is -2.39. The quantitative estimate of drug-likeness (QED) is 0.685. The highest BCUT2D eigenvalue weighted by atomic mass is 15.3. The Bertz CT molecular complexity index is 200. The molecule has 1 aliphatic rings. The molecule has 1 saturated heterocycles. The van der Waals surface area contributed by atoms with Gasteiger partial charge in [0.05, 0.1) is 0 Å². The van der Waals surface area contributed by atoms with Gasteiger partial charge in [0, 0.05) is 51.9 Å². The minimum atomic E-state index is 0.723. The Balaban J connectivity index is 2.24. The molecule has 1 rings (SSSR count). The first-order valence-electron chi connectivity index (χ1n) is 7.49. The lowest BCUT2D eigenvalue weighted by Crippen LogP contribution is -2.53. The molecule has 0 saturated carbocycles. The third-order valence-electron chi connectivity index (χ3n) is 3.89. The Morgan fingerprint density at radius 1 is 1.11 bits per heavy atom. The van der Waals surface area contributed by atoms with E-state index in [0.29, 0.717) is 0 Å². The molecule has 0 aromatic heterocycles. The molecule has 1 N–H and O–H groups in total. The van der Waals surface area contributed by atoms with Gasteiger partial charge in [-0.1, -0.05) is 13.8 Å². The number of nitrogens with one attached hydrogen (secondary N) is 1. The molecule has 4 heteroatoms. The van der Waals surface area contributed by atoms with Crippen LogP contribution in [0.25, 0.3) is 0 Å². The predicted octanol–water partition coefficient (Wildman–Crippen LogP) is 0.554. The molecule has 0 aromatic carbocycles. The maximum Gasteiger partial charge on any atom is 0.0219 e. The van der Waals surface area contributed by atoms with Gasteiger partial charge in [0.25, 0.3) is 0 Å². The summed E-state index contributed by atoms with van der Waals surface area (Å²) in [5.74, 6) is 0. The third kappa shape index (κ3) is 5.65. The standard InChI is InChI=1S/C14H32N4/c1-5-14(13-15-6-2)18-11-9-17(10-12-18)8-7-16(3)4/h14-15H,5-13H2,1-4H3. The van der Waals surface area contributed by atoms with Gasteiger partial charge in [-0.25, -0.2) is 0 Å². The fraction of sp³-hybridized carbons (Fsp3) is 1.00. The highest BCUT2D eigenvalue weighted by molar-refractivity contribution is 4.79. The van der Waals surface area contributed by atoms with Gasteiger partial charge in [0.15, 0.2) is 0 Å². The van der Waals surface area contributed by atoms with Crippen molar-refractivity contribution in [3.8, 4) is 0 Å². The maximum atomic E-state index is 3.49. The first-order chi connectivity index (χ1) is 8.67. The third-order valence-corrected chi connectivity index (χ3v) is 3.89. The summed E-state index contributed by atoms with van der Waals surface area (Å²) in [6.45, 7) is 14.0. The van der Waals surface area contributed by atoms with E-state index < -0.39 is 0 Å². The Morgan fingerprint density at radius 2 is 1.78 bits per heavy atom. The van der Waals surface area contributed by atoms with Crippen LogP contribution in [0.5, 0.6) is 0 Å². The maximum absolute atomic E-state index is 3.49. The topological polar surface area (TPSA) is 21.8 Å². The first kappa shape index (κ1) is 15.9. The van der Waals surface area contributed by atoms with Crippen molar-refractivity contribution in [3.63, 3.8) is 0 Å². The lowest BCUT2D eigenvalue weighted by molar-refractivity contribution is 0.0894. The van der Waals surface area contributed by atoms with Crippen molar-refractivity contribution in [3.05, 3.63) is 0 Å². The summed E-state index contributed by atoms with van der Waals surface area (Å²) in [5, 5.41) is 3.49. The molecule has 1 unspecified atom stereocenters. The molecule has 108 valence electrons. The van der Waals surface area contributed by atoms with E-state index in [9.17, 15) is 0 Å². The van der Waals surface area contributed by atoms with Crippen molar-refractivity contribution in [2.24, 2.45) is 0 Å². The van der Waals surface area contributed by atoms with Gasteiger partial charge in [-0.05, 0) is 27.1 Å². The van der Waals surface area contributed by atoms with Crippen LogP contribution in [0.3, 0.4) is 0 Å². The van der Waals surface area contributed by atoms with Crippen LogP contribution >= 0.6 is 0 Å². The summed E-state index contributed by atoms with van der Waals surface area (Å²) in [4.78, 5) is 7.53. The average Bonchev–Trinajstić information content (AvgIpc) is 2.38. The SMILES string of the molecule is CCNCC(CC)N1CCN(CCN(C)C)CC1. The van der Waals surface area contributed by atoms with E-state index in [-0.39, 0.29) is 0 Å². The van der Waals surface area contributed by atoms with E-state index in [1.807, 2.05) is 0 Å². The number of hydrogen-bond acceptors (Lipinski definition) is 4. The van der Waals surface area contributed by atoms with Crippen molar-refractivity contribution in [1.82, 2.24) is 20.0 Å². The highest BCUT2D eigenvalue weighted by Gasteiger charge is 2.22. The van der Waals surface area contributed by atoms with Crippen molar-refractivity contribution in [2.75, 3.05) is 66.5 Å². The van der Waals surface area contributed by atoms with E-state index in [0.717, 1.165) is 19.1 Å². The Labute approximate surface area is 113 Å². The summed E-state index contributed by atoms with van der Waals surface area (Å²) in [6, 6.07) is 0.723. The number of nitrogens with zero attached hydrogens (tertiary/aromatic N) is 3. The van der Waals surface area contributed by atoms with Crippen LogP contribution in [-0.2, 0) is 0 Å². The lowest BCUT2D eigenvalue weighted by atomic mass is 10.1. The van der Waals surface area contributed by atoms with E-state index in [1.54, 1.807) is 0 Å². The van der Waals surface area contributed by atoms with E-state index >= 15 is 0 Å². The smallest absolute Gasteiger partial charge is 0.0219 e. The van der Waals surface area contributed by atoms with E-state index in [1.165, 1.54) is 45.7 Å². The number of likely N-dealkylation sites (N-methyl/N-ethyl adjacent to an activating group) is 2. The summed E-state index contributed by atoms with van der Waals surface area (Å²) >= 11 is 0. The Morgan fingerprint density at radius 3 is 2.28 bits per heavy atom. The fourth-order valence-corrected chi connectivity index (χ4v) is 2.54. The van der Waals surface area contributed by atoms with E-state index in [2.05, 4.69) is 48.0 Å². The molecule has 1 heterocycles. The van der Waals surface area contributed by atoms with Crippen molar-refractivity contribution >= 4 is 0 Å². The van der Waals surface area contributed by atoms with Gasteiger partial charge in [0.1, 0.15) is 0 Å². The molecule has 18 heavy (non-hydrogen) atoms. The molecule has 1 fully saturated rings. The molecule has 0 spiro atoms. The number of rotatable bonds is 8. The minimum Gasteiger partial charge on any atom is -0.315 e. The molecule has 1 aliphatic heterocycles. The molecule has 0 radical (unpaired) electrons. The first-order valence-corrected chi connectivity index (χ1v) is 7.49. The monoisotopic (exact) mass is 256 g/mol. The zero-order valence-electron chi connectivity index (χ0n) is 12.8. The molecule has 1 atom stereocenters. The Hall–Kier alpha value is -0.160.